The Morgan fingerprint density at radius 2 is 1.62 bits per heavy atom. The molecule has 1 aromatic heterocycles. The highest BCUT2D eigenvalue weighted by Gasteiger charge is 2.60. The third-order valence-corrected chi connectivity index (χ3v) is 15.1. The molecule has 2 spiro atoms. The molecule has 6 rings (SSSR count). The van der Waals surface area contributed by atoms with Crippen LogP contribution < -0.4 is 0 Å². The smallest absolute Gasteiger partial charge is 0.410 e. The summed E-state index contributed by atoms with van der Waals surface area (Å²) in [5, 5.41) is 12.6. The van der Waals surface area contributed by atoms with Crippen molar-refractivity contribution in [2.45, 2.75) is 121 Å². The summed E-state index contributed by atoms with van der Waals surface area (Å²) >= 11 is 0. The zero-order valence-electron chi connectivity index (χ0n) is 25.9. The number of hydrogen-bond acceptors (Lipinski definition) is 5. The van der Waals surface area contributed by atoms with Crippen molar-refractivity contribution in [1.82, 2.24) is 4.98 Å². The number of aliphatic hydroxyl groups is 1. The van der Waals surface area contributed by atoms with Gasteiger partial charge >= 0.3 is 6.18 Å². The van der Waals surface area contributed by atoms with Gasteiger partial charge in [0.1, 0.15) is 5.60 Å². The fourth-order valence-electron chi connectivity index (χ4n) is 7.02. The fourth-order valence-corrected chi connectivity index (χ4v) is 8.29. The minimum Gasteiger partial charge on any atom is -0.410 e. The molecule has 1 aromatic carbocycles. The van der Waals surface area contributed by atoms with Crippen molar-refractivity contribution in [1.29, 1.82) is 0 Å². The number of fused-ring (bicyclic) bond motifs is 4. The van der Waals surface area contributed by atoms with Crippen LogP contribution >= 0.6 is 0 Å². The molecule has 0 bridgehead atoms. The van der Waals surface area contributed by atoms with Crippen LogP contribution in [0, 0.1) is 5.41 Å². The first kappa shape index (κ1) is 30.3. The number of halogens is 3. The normalized spacial score (nSPS) is 26.5. The van der Waals surface area contributed by atoms with Crippen LogP contribution in [0.1, 0.15) is 118 Å². The molecule has 3 heterocycles. The first-order valence-electron chi connectivity index (χ1n) is 15.3. The first-order valence-corrected chi connectivity index (χ1v) is 18.3. The zero-order valence-corrected chi connectivity index (χ0v) is 26.9. The number of ether oxygens (including phenoxy) is 2. The van der Waals surface area contributed by atoms with E-state index in [-0.39, 0.29) is 28.0 Å². The van der Waals surface area contributed by atoms with E-state index in [1.165, 1.54) is 12.1 Å². The molecular formula is C33H44F3NO4Si. The standard InChI is InChI=1S/C33H44F3NO4Si/c1-20(2)28-27-26(25-23(37-28)18-30(12-13-30)19-24(25)40-42(6,7)29(3,4)5)31(14-16-39-17-15-31)41-32(27,38)21-8-10-22(11-9-21)33(34,35)36/h8-11,20,24,38H,12-19H2,1-7H3/t24-,32?/m0/s1. The Balaban J connectivity index is 1.61. The monoisotopic (exact) mass is 603 g/mol. The van der Waals surface area contributed by atoms with Gasteiger partial charge in [0.15, 0.2) is 8.32 Å². The van der Waals surface area contributed by atoms with Crippen molar-refractivity contribution in [3.8, 4) is 0 Å². The quantitative estimate of drug-likeness (QED) is 0.357. The van der Waals surface area contributed by atoms with E-state index in [0.29, 0.717) is 31.6 Å². The lowest BCUT2D eigenvalue weighted by Gasteiger charge is -2.44. The van der Waals surface area contributed by atoms with Gasteiger partial charge in [-0.25, -0.2) is 0 Å². The summed E-state index contributed by atoms with van der Waals surface area (Å²) < 4.78 is 60.3. The number of pyridine rings is 1. The van der Waals surface area contributed by atoms with E-state index in [1.54, 1.807) is 0 Å². The number of benzene rings is 1. The molecule has 2 aliphatic heterocycles. The molecule has 1 saturated carbocycles. The summed E-state index contributed by atoms with van der Waals surface area (Å²) in [6, 6.07) is 4.73. The number of alkyl halides is 3. The Bertz CT molecular complexity index is 1370. The predicted molar refractivity (Wildman–Crippen MR) is 157 cm³/mol. The molecule has 9 heteroatoms. The summed E-state index contributed by atoms with van der Waals surface area (Å²) in [5.41, 5.74) is 3.22. The molecule has 0 radical (unpaired) electrons. The topological polar surface area (TPSA) is 60.8 Å². The lowest BCUT2D eigenvalue weighted by molar-refractivity contribution is -0.251. The largest absolute Gasteiger partial charge is 0.416 e. The van der Waals surface area contributed by atoms with Gasteiger partial charge in [-0.05, 0) is 67.3 Å². The number of aromatic nitrogens is 1. The van der Waals surface area contributed by atoms with Crippen LogP contribution in [0.2, 0.25) is 18.1 Å². The van der Waals surface area contributed by atoms with Gasteiger partial charge in [-0.1, -0.05) is 46.8 Å². The van der Waals surface area contributed by atoms with Gasteiger partial charge in [0.2, 0.25) is 5.79 Å². The molecule has 42 heavy (non-hydrogen) atoms. The van der Waals surface area contributed by atoms with Gasteiger partial charge in [-0.15, -0.1) is 0 Å². The van der Waals surface area contributed by atoms with Gasteiger partial charge in [-0.3, -0.25) is 4.98 Å². The third-order valence-electron chi connectivity index (χ3n) is 10.6. The van der Waals surface area contributed by atoms with Crippen LogP contribution in [0.4, 0.5) is 13.2 Å². The highest BCUT2D eigenvalue weighted by Crippen LogP contribution is 2.64. The van der Waals surface area contributed by atoms with E-state index in [2.05, 4.69) is 47.7 Å². The van der Waals surface area contributed by atoms with Gasteiger partial charge in [0, 0.05) is 54.0 Å². The fraction of sp³-hybridized carbons (Fsp3) is 0.667. The zero-order chi connectivity index (χ0) is 30.5. The Kier molecular flexibility index (Phi) is 6.92. The van der Waals surface area contributed by atoms with Crippen molar-refractivity contribution in [3.05, 3.63) is 63.5 Å². The molecule has 2 fully saturated rings. The summed E-state index contributed by atoms with van der Waals surface area (Å²) in [5.74, 6) is -1.99. The molecule has 2 aromatic rings. The Hall–Kier alpha value is -1.78. The minimum absolute atomic E-state index is 0.00360. The molecule has 5 nitrogen and oxygen atoms in total. The second-order valence-corrected chi connectivity index (χ2v) is 19.7. The van der Waals surface area contributed by atoms with E-state index in [1.807, 2.05) is 0 Å². The molecule has 1 saturated heterocycles. The predicted octanol–water partition coefficient (Wildman–Crippen LogP) is 8.24. The second kappa shape index (κ2) is 9.61. The maximum atomic E-state index is 13.5. The van der Waals surface area contributed by atoms with Gasteiger partial charge in [-0.2, -0.15) is 13.2 Å². The van der Waals surface area contributed by atoms with Crippen LogP contribution in [-0.2, 0) is 37.9 Å². The molecule has 1 N–H and O–H groups in total. The van der Waals surface area contributed by atoms with E-state index in [9.17, 15) is 18.3 Å². The molecule has 2 atom stereocenters. The van der Waals surface area contributed by atoms with Crippen LogP contribution in [0.3, 0.4) is 0 Å². The highest BCUT2D eigenvalue weighted by molar-refractivity contribution is 6.74. The highest BCUT2D eigenvalue weighted by atomic mass is 28.4. The summed E-state index contributed by atoms with van der Waals surface area (Å²) in [6.45, 7) is 16.3. The molecular weight excluding hydrogens is 559 g/mol. The van der Waals surface area contributed by atoms with Crippen molar-refractivity contribution >= 4 is 8.32 Å². The van der Waals surface area contributed by atoms with Gasteiger partial charge in [0.25, 0.3) is 0 Å². The maximum Gasteiger partial charge on any atom is 0.416 e. The maximum absolute atomic E-state index is 13.5. The molecule has 1 unspecified atom stereocenters. The molecule has 2 aliphatic carbocycles. The number of rotatable bonds is 4. The van der Waals surface area contributed by atoms with Crippen molar-refractivity contribution < 1.29 is 32.2 Å². The lowest BCUT2D eigenvalue weighted by Crippen LogP contribution is -2.44. The molecule has 4 aliphatic rings. The number of hydrogen-bond donors (Lipinski definition) is 1. The van der Waals surface area contributed by atoms with Crippen molar-refractivity contribution in [2.75, 3.05) is 13.2 Å². The van der Waals surface area contributed by atoms with Crippen LogP contribution in [0.25, 0.3) is 0 Å². The van der Waals surface area contributed by atoms with Gasteiger partial charge < -0.3 is 19.0 Å². The molecule has 0 amide bonds. The third kappa shape index (κ3) is 4.78. The summed E-state index contributed by atoms with van der Waals surface area (Å²) in [6.07, 6.45) is 0.510. The van der Waals surface area contributed by atoms with E-state index >= 15 is 0 Å². The van der Waals surface area contributed by atoms with E-state index < -0.39 is 31.4 Å². The Morgan fingerprint density at radius 3 is 2.14 bits per heavy atom. The Labute approximate surface area is 248 Å². The van der Waals surface area contributed by atoms with Crippen LogP contribution in [0.5, 0.6) is 0 Å². The van der Waals surface area contributed by atoms with Crippen LogP contribution in [0.15, 0.2) is 24.3 Å². The minimum atomic E-state index is -4.48. The van der Waals surface area contributed by atoms with Crippen LogP contribution in [-0.4, -0.2) is 31.6 Å². The Morgan fingerprint density at radius 1 is 1.00 bits per heavy atom. The molecule has 230 valence electrons. The second-order valence-electron chi connectivity index (χ2n) is 14.9. The average molecular weight is 604 g/mol. The SMILES string of the molecule is CC(C)c1nc2c(c3c1C(O)(c1ccc(C(F)(F)F)cc1)OC31CCOCC1)[C@@H](O[Si](C)(C)C(C)(C)C)CC1(CC1)C2. The van der Waals surface area contributed by atoms with E-state index in [4.69, 9.17) is 18.9 Å². The number of nitrogens with zero attached hydrogens (tertiary/aromatic N) is 1. The first-order chi connectivity index (χ1) is 19.4. The van der Waals surface area contributed by atoms with Crippen molar-refractivity contribution in [3.63, 3.8) is 0 Å². The average Bonchev–Trinajstić information content (AvgIpc) is 3.58. The van der Waals surface area contributed by atoms with Gasteiger partial charge in [0.05, 0.1) is 17.4 Å². The lowest BCUT2D eigenvalue weighted by atomic mass is 9.73. The summed E-state index contributed by atoms with van der Waals surface area (Å²) in [4.78, 5) is 5.30. The van der Waals surface area contributed by atoms with Crippen molar-refractivity contribution in [2.24, 2.45) is 5.41 Å². The van der Waals surface area contributed by atoms with E-state index in [0.717, 1.165) is 60.3 Å². The summed E-state index contributed by atoms with van der Waals surface area (Å²) in [7, 11) is -2.21.